The molecule has 0 bridgehead atoms. The van der Waals surface area contributed by atoms with Crippen molar-refractivity contribution >= 4 is 50.3 Å². The Morgan fingerprint density at radius 1 is 1.09 bits per heavy atom. The highest BCUT2D eigenvalue weighted by Gasteiger charge is 2.29. The Labute approximate surface area is 135 Å². The summed E-state index contributed by atoms with van der Waals surface area (Å²) < 4.78 is 37.8. The number of halogens is 5. The monoisotopic (exact) mass is 391 g/mol. The van der Waals surface area contributed by atoms with Crippen LogP contribution in [0.15, 0.2) is 29.0 Å². The van der Waals surface area contributed by atoms with Crippen molar-refractivity contribution in [1.82, 2.24) is 19.9 Å². The predicted molar refractivity (Wildman–Crippen MR) is 79.1 cm³/mol. The molecule has 3 rings (SSSR count). The number of nitrogens with zero attached hydrogens (tertiary/aromatic N) is 3. The first-order chi connectivity index (χ1) is 10.3. The Hall–Kier alpha value is -1.87. The fourth-order valence-corrected chi connectivity index (χ4v) is 2.44. The second-order valence-corrected chi connectivity index (χ2v) is 5.33. The molecule has 0 radical (unpaired) electrons. The molecule has 10 heteroatoms. The van der Waals surface area contributed by atoms with E-state index >= 15 is 0 Å². The molecule has 0 saturated carbocycles. The van der Waals surface area contributed by atoms with Gasteiger partial charge in [-0.05, 0) is 40.2 Å². The number of aromatic nitrogens is 4. The molecular formula is C12H6BrClF3N5. The van der Waals surface area contributed by atoms with Gasteiger partial charge in [-0.2, -0.15) is 18.2 Å². The van der Waals surface area contributed by atoms with Gasteiger partial charge in [-0.25, -0.2) is 9.97 Å². The van der Waals surface area contributed by atoms with Gasteiger partial charge in [0.15, 0.2) is 15.5 Å². The summed E-state index contributed by atoms with van der Waals surface area (Å²) in [5.41, 5.74) is 0.483. The maximum Gasteiger partial charge on any atom is 0.416 e. The smallest absolute Gasteiger partial charge is 0.326 e. The lowest BCUT2D eigenvalue weighted by atomic mass is 10.2. The van der Waals surface area contributed by atoms with Crippen LogP contribution in [0.3, 0.4) is 0 Å². The van der Waals surface area contributed by atoms with E-state index in [2.05, 4.69) is 41.2 Å². The predicted octanol–water partition coefficient (Wildman–Crippen LogP) is 4.53. The summed E-state index contributed by atoms with van der Waals surface area (Å²) in [6, 6.07) is 4.57. The Kier molecular flexibility index (Phi) is 3.69. The van der Waals surface area contributed by atoms with Crippen LogP contribution in [0.4, 0.5) is 24.8 Å². The molecule has 0 spiro atoms. The Bertz CT molecular complexity index is 831. The molecule has 0 fully saturated rings. The number of rotatable bonds is 2. The van der Waals surface area contributed by atoms with Gasteiger partial charge < -0.3 is 10.3 Å². The molecule has 0 aliphatic carbocycles. The molecule has 2 aromatic heterocycles. The van der Waals surface area contributed by atoms with Gasteiger partial charge in [-0.3, -0.25) is 0 Å². The molecule has 0 unspecified atom stereocenters. The van der Waals surface area contributed by atoms with Gasteiger partial charge in [0, 0.05) is 5.69 Å². The number of hydrogen-bond donors (Lipinski definition) is 2. The zero-order valence-corrected chi connectivity index (χ0v) is 12.9. The van der Waals surface area contributed by atoms with Crippen molar-refractivity contribution in [2.75, 3.05) is 5.32 Å². The van der Waals surface area contributed by atoms with Crippen molar-refractivity contribution in [3.63, 3.8) is 0 Å². The van der Waals surface area contributed by atoms with Gasteiger partial charge in [0.2, 0.25) is 5.95 Å². The lowest BCUT2D eigenvalue weighted by Gasteiger charge is -2.07. The number of H-pyrrole nitrogens is 1. The minimum absolute atomic E-state index is 0.185. The molecule has 2 N–H and O–H groups in total. The van der Waals surface area contributed by atoms with E-state index in [0.717, 1.165) is 12.1 Å². The SMILES string of the molecule is FC(F)(F)c1ccc(Nc2nc3nc(Br)nc(Cl)c3[nH]2)cc1. The van der Waals surface area contributed by atoms with Gasteiger partial charge in [-0.15, -0.1) is 0 Å². The number of nitrogens with one attached hydrogen (secondary N) is 2. The maximum atomic E-state index is 12.5. The topological polar surface area (TPSA) is 66.5 Å². The highest BCUT2D eigenvalue weighted by Crippen LogP contribution is 2.30. The average molecular weight is 393 g/mol. The van der Waals surface area contributed by atoms with E-state index in [1.54, 1.807) is 0 Å². The molecule has 5 nitrogen and oxygen atoms in total. The normalized spacial score (nSPS) is 11.9. The van der Waals surface area contributed by atoms with Crippen LogP contribution in [-0.2, 0) is 6.18 Å². The van der Waals surface area contributed by atoms with Crippen LogP contribution in [-0.4, -0.2) is 19.9 Å². The summed E-state index contributed by atoms with van der Waals surface area (Å²) >= 11 is 9.04. The zero-order valence-electron chi connectivity index (χ0n) is 10.5. The van der Waals surface area contributed by atoms with Gasteiger partial charge in [0.25, 0.3) is 0 Å². The Morgan fingerprint density at radius 2 is 1.77 bits per heavy atom. The number of aromatic amines is 1. The van der Waals surface area contributed by atoms with Crippen LogP contribution in [0.1, 0.15) is 5.56 Å². The van der Waals surface area contributed by atoms with Crippen molar-refractivity contribution in [3.05, 3.63) is 39.7 Å². The quantitative estimate of drug-likeness (QED) is 0.497. The number of anilines is 2. The third-order valence-electron chi connectivity index (χ3n) is 2.75. The molecule has 1 aromatic carbocycles. The maximum absolute atomic E-state index is 12.5. The van der Waals surface area contributed by atoms with Gasteiger partial charge in [0.05, 0.1) is 5.56 Å². The lowest BCUT2D eigenvalue weighted by Crippen LogP contribution is -2.04. The first-order valence-electron chi connectivity index (χ1n) is 5.86. The van der Waals surface area contributed by atoms with Crippen molar-refractivity contribution in [3.8, 4) is 0 Å². The molecule has 114 valence electrons. The van der Waals surface area contributed by atoms with Crippen molar-refractivity contribution < 1.29 is 13.2 Å². The van der Waals surface area contributed by atoms with E-state index in [4.69, 9.17) is 11.6 Å². The van der Waals surface area contributed by atoms with Crippen LogP contribution in [0.5, 0.6) is 0 Å². The highest BCUT2D eigenvalue weighted by molar-refractivity contribution is 9.10. The number of hydrogen-bond acceptors (Lipinski definition) is 4. The minimum Gasteiger partial charge on any atom is -0.326 e. The van der Waals surface area contributed by atoms with Crippen LogP contribution in [0, 0.1) is 0 Å². The van der Waals surface area contributed by atoms with Gasteiger partial charge in [0.1, 0.15) is 5.52 Å². The molecule has 0 atom stereocenters. The van der Waals surface area contributed by atoms with Crippen molar-refractivity contribution in [2.24, 2.45) is 0 Å². The van der Waals surface area contributed by atoms with Crippen LogP contribution >= 0.6 is 27.5 Å². The number of imidazole rings is 1. The second-order valence-electron chi connectivity index (χ2n) is 4.27. The summed E-state index contributed by atoms with van der Waals surface area (Å²) in [6.45, 7) is 0. The molecule has 0 saturated heterocycles. The Balaban J connectivity index is 1.88. The summed E-state index contributed by atoms with van der Waals surface area (Å²) in [5.74, 6) is 0.295. The first kappa shape index (κ1) is 15.0. The fourth-order valence-electron chi connectivity index (χ4n) is 1.78. The molecule has 0 aliphatic heterocycles. The zero-order chi connectivity index (χ0) is 15.9. The van der Waals surface area contributed by atoms with Crippen molar-refractivity contribution in [2.45, 2.75) is 6.18 Å². The summed E-state index contributed by atoms with van der Waals surface area (Å²) in [6.07, 6.45) is -4.37. The highest BCUT2D eigenvalue weighted by atomic mass is 79.9. The average Bonchev–Trinajstić information content (AvgIpc) is 2.81. The molecule has 2 heterocycles. The molecular weight excluding hydrogens is 387 g/mol. The lowest BCUT2D eigenvalue weighted by molar-refractivity contribution is -0.137. The van der Waals surface area contributed by atoms with E-state index in [1.807, 2.05) is 0 Å². The van der Waals surface area contributed by atoms with Crippen LogP contribution in [0.2, 0.25) is 5.15 Å². The van der Waals surface area contributed by atoms with E-state index in [0.29, 0.717) is 22.8 Å². The van der Waals surface area contributed by atoms with Crippen LogP contribution < -0.4 is 5.32 Å². The van der Waals surface area contributed by atoms with Crippen molar-refractivity contribution in [1.29, 1.82) is 0 Å². The summed E-state index contributed by atoms with van der Waals surface area (Å²) in [5, 5.41) is 3.03. The third kappa shape index (κ3) is 3.00. The first-order valence-corrected chi connectivity index (χ1v) is 7.03. The third-order valence-corrected chi connectivity index (χ3v) is 3.38. The van der Waals surface area contributed by atoms with E-state index in [-0.39, 0.29) is 9.89 Å². The van der Waals surface area contributed by atoms with Crippen LogP contribution in [0.25, 0.3) is 11.2 Å². The largest absolute Gasteiger partial charge is 0.416 e. The van der Waals surface area contributed by atoms with E-state index < -0.39 is 11.7 Å². The van der Waals surface area contributed by atoms with Gasteiger partial charge in [-0.1, -0.05) is 11.6 Å². The summed E-state index contributed by atoms with van der Waals surface area (Å²) in [4.78, 5) is 15.0. The molecule has 3 aromatic rings. The fraction of sp³-hybridized carbons (Fsp3) is 0.0833. The molecule has 0 amide bonds. The van der Waals surface area contributed by atoms with Gasteiger partial charge >= 0.3 is 6.18 Å². The van der Waals surface area contributed by atoms with E-state index in [1.165, 1.54) is 12.1 Å². The second kappa shape index (κ2) is 5.40. The van der Waals surface area contributed by atoms with E-state index in [9.17, 15) is 13.2 Å². The summed E-state index contributed by atoms with van der Waals surface area (Å²) in [7, 11) is 0. The molecule has 22 heavy (non-hydrogen) atoms. The standard InChI is InChI=1S/C12H6BrClF3N5/c13-10-20-8(14)7-9(21-10)22-11(19-7)18-6-3-1-5(2-4-6)12(15,16)17/h1-4H,(H2,18,19,20,21,22). The minimum atomic E-state index is -4.37. The Morgan fingerprint density at radius 3 is 2.41 bits per heavy atom. The number of fused-ring (bicyclic) bond motifs is 1. The number of benzene rings is 1. The molecule has 0 aliphatic rings. The number of alkyl halides is 3.